The molecule has 7 nitrogen and oxygen atoms in total. The Morgan fingerprint density at radius 3 is 3.00 bits per heavy atom. The summed E-state index contributed by atoms with van der Waals surface area (Å²) in [5.41, 5.74) is 3.45. The number of allylic oxidation sites excluding steroid dienone is 9. The molecule has 0 radical (unpaired) electrons. The van der Waals surface area contributed by atoms with Crippen LogP contribution in [0.25, 0.3) is 0 Å². The summed E-state index contributed by atoms with van der Waals surface area (Å²) >= 11 is 0. The number of aliphatic imine (C=N–C) groups is 1. The molecule has 0 atom stereocenters. The second-order valence-electron chi connectivity index (χ2n) is 5.27. The van der Waals surface area contributed by atoms with E-state index in [0.717, 1.165) is 17.7 Å². The first-order chi connectivity index (χ1) is 12.2. The van der Waals surface area contributed by atoms with E-state index in [2.05, 4.69) is 49.8 Å². The van der Waals surface area contributed by atoms with Crippen molar-refractivity contribution in [3.8, 4) is 0 Å². The predicted octanol–water partition coefficient (Wildman–Crippen LogP) is 3.30. The van der Waals surface area contributed by atoms with Gasteiger partial charge in [0, 0.05) is 11.8 Å². The highest BCUT2D eigenvalue weighted by atomic mass is 16.6. The molecule has 0 aromatic carbocycles. The van der Waals surface area contributed by atoms with Crippen LogP contribution in [0.3, 0.4) is 0 Å². The summed E-state index contributed by atoms with van der Waals surface area (Å²) in [6, 6.07) is 0. The number of H-pyrrole nitrogens is 1. The van der Waals surface area contributed by atoms with Gasteiger partial charge in [0.25, 0.3) is 0 Å². The van der Waals surface area contributed by atoms with Gasteiger partial charge in [-0.05, 0) is 38.5 Å². The van der Waals surface area contributed by atoms with Gasteiger partial charge >= 0.3 is 0 Å². The molecule has 1 aliphatic rings. The molecule has 0 bridgehead atoms. The SMILES string of the molecule is C\C=C/C=N\C(=C/C)CON=C(C1=CCC(C)=CC=C1)c1nn[nH]n1. The lowest BCUT2D eigenvalue weighted by Crippen LogP contribution is -2.08. The Bertz CT molecular complexity index is 763. The maximum absolute atomic E-state index is 5.49. The van der Waals surface area contributed by atoms with Crippen molar-refractivity contribution in [2.45, 2.75) is 27.2 Å². The third-order valence-electron chi connectivity index (χ3n) is 3.35. The minimum Gasteiger partial charge on any atom is -0.389 e. The van der Waals surface area contributed by atoms with Crippen molar-refractivity contribution in [1.29, 1.82) is 0 Å². The van der Waals surface area contributed by atoms with Crippen molar-refractivity contribution in [2.75, 3.05) is 6.61 Å². The first-order valence-electron chi connectivity index (χ1n) is 8.03. The Morgan fingerprint density at radius 2 is 2.28 bits per heavy atom. The van der Waals surface area contributed by atoms with Gasteiger partial charge in [-0.25, -0.2) is 0 Å². The highest BCUT2D eigenvalue weighted by Gasteiger charge is 2.14. The summed E-state index contributed by atoms with van der Waals surface area (Å²) in [6.45, 7) is 6.16. The summed E-state index contributed by atoms with van der Waals surface area (Å²) in [5.74, 6) is 0.384. The monoisotopic (exact) mass is 338 g/mol. The van der Waals surface area contributed by atoms with Crippen molar-refractivity contribution < 1.29 is 4.84 Å². The van der Waals surface area contributed by atoms with E-state index in [4.69, 9.17) is 4.84 Å². The summed E-state index contributed by atoms with van der Waals surface area (Å²) < 4.78 is 0. The van der Waals surface area contributed by atoms with E-state index in [1.54, 1.807) is 6.21 Å². The van der Waals surface area contributed by atoms with Gasteiger partial charge in [-0.3, -0.25) is 4.99 Å². The number of aromatic amines is 1. The normalized spacial score (nSPS) is 16.3. The maximum atomic E-state index is 5.49. The van der Waals surface area contributed by atoms with Crippen LogP contribution in [0.5, 0.6) is 0 Å². The minimum atomic E-state index is 0.250. The van der Waals surface area contributed by atoms with E-state index in [1.807, 2.05) is 44.2 Å². The molecular weight excluding hydrogens is 316 g/mol. The average molecular weight is 338 g/mol. The van der Waals surface area contributed by atoms with Crippen LogP contribution in [0.2, 0.25) is 0 Å². The molecule has 1 aromatic heterocycles. The third-order valence-corrected chi connectivity index (χ3v) is 3.35. The fraction of sp³-hybridized carbons (Fsp3) is 0.278. The zero-order valence-electron chi connectivity index (χ0n) is 14.7. The van der Waals surface area contributed by atoms with Crippen molar-refractivity contribution in [3.63, 3.8) is 0 Å². The van der Waals surface area contributed by atoms with Gasteiger partial charge in [-0.2, -0.15) is 5.21 Å². The lowest BCUT2D eigenvalue weighted by atomic mass is 10.1. The quantitative estimate of drug-likeness (QED) is 0.610. The molecular formula is C18H22N6O. The average Bonchev–Trinajstić information content (AvgIpc) is 3.06. The molecule has 0 fully saturated rings. The van der Waals surface area contributed by atoms with Gasteiger partial charge in [0.15, 0.2) is 12.3 Å². The van der Waals surface area contributed by atoms with Crippen LogP contribution in [0.15, 0.2) is 69.5 Å². The molecule has 2 rings (SSSR count). The van der Waals surface area contributed by atoms with Crippen LogP contribution in [0.4, 0.5) is 0 Å². The molecule has 0 saturated carbocycles. The fourth-order valence-corrected chi connectivity index (χ4v) is 1.97. The standard InChI is InChI=1S/C18H22N6O/c1-4-6-12-19-16(5-2)13-25-22-17(18-20-23-24-21-18)15-9-7-8-14(3)10-11-15/h4-9,11-12H,10,13H2,1-3H3,(H,20,21,23,24)/b6-4-,16-5-,19-12-,22-17?. The van der Waals surface area contributed by atoms with Crippen LogP contribution < -0.4 is 0 Å². The summed E-state index contributed by atoms with van der Waals surface area (Å²) in [5, 5.41) is 18.3. The second kappa shape index (κ2) is 9.92. The molecule has 0 spiro atoms. The highest BCUT2D eigenvalue weighted by Crippen LogP contribution is 2.15. The lowest BCUT2D eigenvalue weighted by Gasteiger charge is -2.05. The van der Waals surface area contributed by atoms with Gasteiger partial charge in [-0.1, -0.05) is 47.2 Å². The van der Waals surface area contributed by atoms with E-state index in [-0.39, 0.29) is 6.61 Å². The molecule has 1 heterocycles. The fourth-order valence-electron chi connectivity index (χ4n) is 1.97. The van der Waals surface area contributed by atoms with Crippen LogP contribution in [-0.4, -0.2) is 39.2 Å². The molecule has 0 unspecified atom stereocenters. The number of aromatic nitrogens is 4. The molecule has 0 saturated heterocycles. The molecule has 1 aliphatic carbocycles. The Kier molecular flexibility index (Phi) is 7.24. The van der Waals surface area contributed by atoms with Crippen LogP contribution in [0, 0.1) is 0 Å². The van der Waals surface area contributed by atoms with Crippen molar-refractivity contribution >= 4 is 11.9 Å². The summed E-state index contributed by atoms with van der Waals surface area (Å²) in [7, 11) is 0. The lowest BCUT2D eigenvalue weighted by molar-refractivity contribution is 0.167. The van der Waals surface area contributed by atoms with Crippen molar-refractivity contribution in [3.05, 3.63) is 65.2 Å². The molecule has 0 aliphatic heterocycles. The molecule has 130 valence electrons. The molecule has 0 amide bonds. The van der Waals surface area contributed by atoms with E-state index in [0.29, 0.717) is 11.5 Å². The highest BCUT2D eigenvalue weighted by molar-refractivity contribution is 6.11. The second-order valence-corrected chi connectivity index (χ2v) is 5.27. The smallest absolute Gasteiger partial charge is 0.226 e. The van der Waals surface area contributed by atoms with E-state index in [1.165, 1.54) is 5.57 Å². The van der Waals surface area contributed by atoms with Crippen LogP contribution in [-0.2, 0) is 4.84 Å². The summed E-state index contributed by atoms with van der Waals surface area (Å²) in [4.78, 5) is 9.79. The number of hydrogen-bond donors (Lipinski definition) is 1. The summed E-state index contributed by atoms with van der Waals surface area (Å²) in [6.07, 6.45) is 16.2. The van der Waals surface area contributed by atoms with Gasteiger partial charge in [0.2, 0.25) is 5.82 Å². The van der Waals surface area contributed by atoms with Gasteiger partial charge in [0.1, 0.15) is 0 Å². The maximum Gasteiger partial charge on any atom is 0.226 e. The first-order valence-corrected chi connectivity index (χ1v) is 8.03. The van der Waals surface area contributed by atoms with E-state index >= 15 is 0 Å². The Balaban J connectivity index is 2.15. The number of tetrazole rings is 1. The van der Waals surface area contributed by atoms with E-state index in [9.17, 15) is 0 Å². The molecule has 25 heavy (non-hydrogen) atoms. The minimum absolute atomic E-state index is 0.250. The number of oxime groups is 1. The van der Waals surface area contributed by atoms with Gasteiger partial charge in [0.05, 0.1) is 5.70 Å². The zero-order chi connectivity index (χ0) is 17.9. The molecule has 7 heteroatoms. The van der Waals surface area contributed by atoms with Crippen LogP contribution >= 0.6 is 0 Å². The number of hydrogen-bond acceptors (Lipinski definition) is 6. The number of rotatable bonds is 7. The van der Waals surface area contributed by atoms with Crippen molar-refractivity contribution in [2.24, 2.45) is 10.1 Å². The Morgan fingerprint density at radius 1 is 1.40 bits per heavy atom. The van der Waals surface area contributed by atoms with Gasteiger partial charge in [-0.15, -0.1) is 10.2 Å². The largest absolute Gasteiger partial charge is 0.389 e. The predicted molar refractivity (Wildman–Crippen MR) is 99.3 cm³/mol. The van der Waals surface area contributed by atoms with Crippen LogP contribution in [0.1, 0.15) is 33.0 Å². The topological polar surface area (TPSA) is 88.4 Å². The molecule has 1 N–H and O–H groups in total. The van der Waals surface area contributed by atoms with E-state index < -0.39 is 0 Å². The number of nitrogens with one attached hydrogen (secondary N) is 1. The zero-order valence-corrected chi connectivity index (χ0v) is 14.7. The molecule has 1 aromatic rings. The van der Waals surface area contributed by atoms with Gasteiger partial charge < -0.3 is 4.84 Å². The number of nitrogens with zero attached hydrogens (tertiary/aromatic N) is 5. The van der Waals surface area contributed by atoms with Crippen molar-refractivity contribution in [1.82, 2.24) is 20.6 Å². The third kappa shape index (κ3) is 5.80. The first kappa shape index (κ1) is 18.3. The Hall–Kier alpha value is -3.09. The Labute approximate surface area is 147 Å².